The lowest BCUT2D eigenvalue weighted by atomic mass is 9.92. The van der Waals surface area contributed by atoms with Gasteiger partial charge in [-0.2, -0.15) is 0 Å². The zero-order valence-electron chi connectivity index (χ0n) is 12.8. The molecule has 0 atom stereocenters. The Morgan fingerprint density at radius 3 is 2.35 bits per heavy atom. The molecule has 20 heavy (non-hydrogen) atoms. The molecule has 0 aliphatic rings. The summed E-state index contributed by atoms with van der Waals surface area (Å²) in [5.74, 6) is 0.972. The van der Waals surface area contributed by atoms with Gasteiger partial charge in [0.2, 0.25) is 0 Å². The fraction of sp³-hybridized carbons (Fsp3) is 0.333. The summed E-state index contributed by atoms with van der Waals surface area (Å²) in [5.41, 5.74) is 13.4. The summed E-state index contributed by atoms with van der Waals surface area (Å²) in [6.07, 6.45) is 0.941. The van der Waals surface area contributed by atoms with Gasteiger partial charge in [0.15, 0.2) is 0 Å². The lowest BCUT2D eigenvalue weighted by Crippen LogP contribution is -2.02. The molecule has 0 unspecified atom stereocenters. The number of methoxy groups -OCH3 is 1. The molecule has 2 aromatic rings. The topological polar surface area (TPSA) is 35.2 Å². The van der Waals surface area contributed by atoms with E-state index in [2.05, 4.69) is 51.1 Å². The Hall–Kier alpha value is -1.80. The smallest absolute Gasteiger partial charge is 0.122 e. The first kappa shape index (κ1) is 14.6. The molecule has 0 heterocycles. The number of benzene rings is 2. The van der Waals surface area contributed by atoms with Crippen molar-refractivity contribution in [1.29, 1.82) is 0 Å². The van der Waals surface area contributed by atoms with Gasteiger partial charge in [-0.05, 0) is 66.6 Å². The van der Waals surface area contributed by atoms with Gasteiger partial charge in [-0.1, -0.05) is 24.3 Å². The highest BCUT2D eigenvalue weighted by molar-refractivity contribution is 5.49. The Labute approximate surface area is 121 Å². The molecule has 2 heteroatoms. The summed E-state index contributed by atoms with van der Waals surface area (Å²) in [4.78, 5) is 0. The van der Waals surface area contributed by atoms with Crippen LogP contribution < -0.4 is 10.5 Å². The molecular formula is C18H23NO. The molecule has 106 valence electrons. The predicted octanol–water partition coefficient (Wildman–Crippen LogP) is 3.67. The second-order valence-electron chi connectivity index (χ2n) is 5.33. The Balaban J connectivity index is 2.40. The SMILES string of the molecule is COc1cc(C)c(Cc2cccc(CN)c2)c(C)c1C. The number of nitrogens with two attached hydrogens (primary N) is 1. The van der Waals surface area contributed by atoms with Crippen molar-refractivity contribution < 1.29 is 4.74 Å². The van der Waals surface area contributed by atoms with Crippen LogP contribution in [0.25, 0.3) is 0 Å². The van der Waals surface area contributed by atoms with E-state index in [-0.39, 0.29) is 0 Å². The minimum Gasteiger partial charge on any atom is -0.496 e. The van der Waals surface area contributed by atoms with Crippen molar-refractivity contribution in [3.63, 3.8) is 0 Å². The van der Waals surface area contributed by atoms with Gasteiger partial charge in [-0.25, -0.2) is 0 Å². The van der Waals surface area contributed by atoms with Crippen LogP contribution in [0.3, 0.4) is 0 Å². The van der Waals surface area contributed by atoms with Crippen molar-refractivity contribution >= 4 is 0 Å². The molecule has 2 rings (SSSR count). The average Bonchev–Trinajstić information content (AvgIpc) is 2.47. The first-order chi connectivity index (χ1) is 9.56. The van der Waals surface area contributed by atoms with Crippen LogP contribution in [0.15, 0.2) is 30.3 Å². The molecule has 0 radical (unpaired) electrons. The first-order valence-electron chi connectivity index (χ1n) is 6.98. The molecule has 0 saturated heterocycles. The third-order valence-electron chi connectivity index (χ3n) is 4.04. The van der Waals surface area contributed by atoms with Gasteiger partial charge in [0.05, 0.1) is 7.11 Å². The van der Waals surface area contributed by atoms with Crippen LogP contribution in [0.5, 0.6) is 5.75 Å². The fourth-order valence-electron chi connectivity index (χ4n) is 2.65. The van der Waals surface area contributed by atoms with E-state index >= 15 is 0 Å². The van der Waals surface area contributed by atoms with Gasteiger partial charge >= 0.3 is 0 Å². The minimum atomic E-state index is 0.591. The van der Waals surface area contributed by atoms with Gasteiger partial charge in [0.25, 0.3) is 0 Å². The maximum absolute atomic E-state index is 5.72. The Bertz CT molecular complexity index is 617. The second kappa shape index (κ2) is 6.10. The average molecular weight is 269 g/mol. The monoisotopic (exact) mass is 269 g/mol. The van der Waals surface area contributed by atoms with E-state index < -0.39 is 0 Å². The van der Waals surface area contributed by atoms with Crippen LogP contribution in [0.4, 0.5) is 0 Å². The molecule has 0 saturated carbocycles. The lowest BCUT2D eigenvalue weighted by Gasteiger charge is -2.16. The Morgan fingerprint density at radius 1 is 1.00 bits per heavy atom. The van der Waals surface area contributed by atoms with E-state index in [0.29, 0.717) is 6.54 Å². The van der Waals surface area contributed by atoms with Crippen LogP contribution in [-0.4, -0.2) is 7.11 Å². The molecule has 0 aromatic heterocycles. The maximum atomic E-state index is 5.72. The van der Waals surface area contributed by atoms with Crippen molar-refractivity contribution in [3.05, 3.63) is 63.7 Å². The van der Waals surface area contributed by atoms with Crippen LogP contribution in [0.1, 0.15) is 33.4 Å². The largest absolute Gasteiger partial charge is 0.496 e. The highest BCUT2D eigenvalue weighted by Crippen LogP contribution is 2.29. The number of hydrogen-bond acceptors (Lipinski definition) is 2. The zero-order chi connectivity index (χ0) is 14.7. The molecule has 0 amide bonds. The van der Waals surface area contributed by atoms with Crippen LogP contribution in [-0.2, 0) is 13.0 Å². The second-order valence-corrected chi connectivity index (χ2v) is 5.33. The predicted molar refractivity (Wildman–Crippen MR) is 84.3 cm³/mol. The van der Waals surface area contributed by atoms with Crippen LogP contribution in [0, 0.1) is 20.8 Å². The fourth-order valence-corrected chi connectivity index (χ4v) is 2.65. The van der Waals surface area contributed by atoms with Crippen LogP contribution >= 0.6 is 0 Å². The standard InChI is InChI=1S/C18H23NO/c1-12-8-18(20-4)14(3)13(2)17(12)10-15-6-5-7-16(9-15)11-19/h5-9H,10-11,19H2,1-4H3. The van der Waals surface area contributed by atoms with E-state index in [1.54, 1.807) is 7.11 Å². The third-order valence-corrected chi connectivity index (χ3v) is 4.04. The zero-order valence-corrected chi connectivity index (χ0v) is 12.8. The third kappa shape index (κ3) is 2.86. The highest BCUT2D eigenvalue weighted by atomic mass is 16.5. The van der Waals surface area contributed by atoms with Crippen molar-refractivity contribution in [1.82, 2.24) is 0 Å². The molecule has 0 bridgehead atoms. The van der Waals surface area contributed by atoms with Gasteiger partial charge in [0.1, 0.15) is 5.75 Å². The molecule has 2 aromatic carbocycles. The summed E-state index contributed by atoms with van der Waals surface area (Å²) >= 11 is 0. The van der Waals surface area contributed by atoms with E-state index in [9.17, 15) is 0 Å². The van der Waals surface area contributed by atoms with Crippen molar-refractivity contribution in [2.75, 3.05) is 7.11 Å². The van der Waals surface area contributed by atoms with E-state index in [1.807, 2.05) is 0 Å². The number of rotatable bonds is 4. The molecule has 0 aliphatic carbocycles. The van der Waals surface area contributed by atoms with Crippen molar-refractivity contribution in [3.8, 4) is 5.75 Å². The van der Waals surface area contributed by atoms with E-state index in [1.165, 1.54) is 33.4 Å². The van der Waals surface area contributed by atoms with Gasteiger partial charge in [0, 0.05) is 6.54 Å². The molecule has 0 fully saturated rings. The number of hydrogen-bond donors (Lipinski definition) is 1. The number of aryl methyl sites for hydroxylation is 1. The molecule has 0 spiro atoms. The molecule has 2 N–H and O–H groups in total. The van der Waals surface area contributed by atoms with Crippen molar-refractivity contribution in [2.24, 2.45) is 5.73 Å². The number of ether oxygens (including phenoxy) is 1. The molecular weight excluding hydrogens is 246 g/mol. The maximum Gasteiger partial charge on any atom is 0.122 e. The van der Waals surface area contributed by atoms with Crippen molar-refractivity contribution in [2.45, 2.75) is 33.7 Å². The minimum absolute atomic E-state index is 0.591. The van der Waals surface area contributed by atoms with Crippen LogP contribution in [0.2, 0.25) is 0 Å². The Morgan fingerprint density at radius 2 is 1.70 bits per heavy atom. The van der Waals surface area contributed by atoms with Gasteiger partial charge < -0.3 is 10.5 Å². The van der Waals surface area contributed by atoms with E-state index in [0.717, 1.165) is 12.2 Å². The summed E-state index contributed by atoms with van der Waals surface area (Å²) in [7, 11) is 1.73. The van der Waals surface area contributed by atoms with Gasteiger partial charge in [-0.15, -0.1) is 0 Å². The highest BCUT2D eigenvalue weighted by Gasteiger charge is 2.11. The summed E-state index contributed by atoms with van der Waals surface area (Å²) in [6.45, 7) is 7.03. The summed E-state index contributed by atoms with van der Waals surface area (Å²) < 4.78 is 5.43. The van der Waals surface area contributed by atoms with E-state index in [4.69, 9.17) is 10.5 Å². The quantitative estimate of drug-likeness (QED) is 0.919. The Kier molecular flexibility index (Phi) is 4.46. The first-order valence-corrected chi connectivity index (χ1v) is 6.98. The molecule has 2 nitrogen and oxygen atoms in total. The molecule has 0 aliphatic heterocycles. The summed E-state index contributed by atoms with van der Waals surface area (Å²) in [5, 5.41) is 0. The van der Waals surface area contributed by atoms with Gasteiger partial charge in [-0.3, -0.25) is 0 Å². The normalized spacial score (nSPS) is 10.7. The summed E-state index contributed by atoms with van der Waals surface area (Å²) in [6, 6.07) is 10.6. The lowest BCUT2D eigenvalue weighted by molar-refractivity contribution is 0.410.